The van der Waals surface area contributed by atoms with E-state index in [2.05, 4.69) is 0 Å². The van der Waals surface area contributed by atoms with Crippen LogP contribution in [0.3, 0.4) is 0 Å². The number of alkyl halides is 4. The molecule has 0 aromatic carbocycles. The smallest absolute Gasteiger partial charge is 0.377 e. The van der Waals surface area contributed by atoms with E-state index in [1.807, 2.05) is 4.90 Å². The normalized spacial score (nSPS) is 33.8. The first kappa shape index (κ1) is 14.1. The van der Waals surface area contributed by atoms with Gasteiger partial charge >= 0.3 is 6.18 Å². The van der Waals surface area contributed by atoms with Crippen LogP contribution in [-0.4, -0.2) is 49.6 Å². The van der Waals surface area contributed by atoms with Crippen molar-refractivity contribution in [2.75, 3.05) is 26.3 Å². The van der Waals surface area contributed by atoms with Crippen molar-refractivity contribution in [3.63, 3.8) is 0 Å². The van der Waals surface area contributed by atoms with Gasteiger partial charge in [-0.15, -0.1) is 0 Å². The van der Waals surface area contributed by atoms with E-state index in [0.717, 1.165) is 0 Å². The van der Waals surface area contributed by atoms with Gasteiger partial charge in [-0.3, -0.25) is 4.90 Å². The molecule has 2 aliphatic heterocycles. The van der Waals surface area contributed by atoms with Gasteiger partial charge in [0, 0.05) is 0 Å². The van der Waals surface area contributed by atoms with E-state index < -0.39 is 17.8 Å². The molecule has 2 unspecified atom stereocenters. The van der Waals surface area contributed by atoms with Crippen molar-refractivity contribution in [2.24, 2.45) is 5.41 Å². The van der Waals surface area contributed by atoms with Gasteiger partial charge in [-0.1, -0.05) is 6.92 Å². The summed E-state index contributed by atoms with van der Waals surface area (Å²) in [6.07, 6.45) is -4.99. The molecule has 6 heteroatoms. The molecule has 0 aromatic rings. The summed E-state index contributed by atoms with van der Waals surface area (Å²) in [6, 6.07) is -0.354. The number of nitrogens with zero attached hydrogens (tertiary/aromatic N) is 1. The third-order valence-corrected chi connectivity index (χ3v) is 4.49. The monoisotopic (exact) mass is 269 g/mol. The van der Waals surface area contributed by atoms with Crippen molar-refractivity contribution in [3.8, 4) is 0 Å². The average Bonchev–Trinajstić information content (AvgIpc) is 2.74. The maximum atomic E-state index is 13.5. The third kappa shape index (κ3) is 2.37. The Labute approximate surface area is 104 Å². The Hall–Kier alpha value is -0.360. The van der Waals surface area contributed by atoms with Crippen LogP contribution in [0.25, 0.3) is 0 Å². The zero-order chi connectivity index (χ0) is 13.4. The fourth-order valence-corrected chi connectivity index (χ4v) is 2.97. The molecule has 0 aromatic heterocycles. The standard InChI is InChI=1S/C12H19F4NO/c1-2-11(12(14,15)16)3-5-17(6-4-11)10-8-18-7-9(10)13/h9-10H,2-8H2,1H3. The molecule has 2 heterocycles. The van der Waals surface area contributed by atoms with E-state index in [-0.39, 0.29) is 31.9 Å². The van der Waals surface area contributed by atoms with Crippen molar-refractivity contribution in [3.05, 3.63) is 0 Å². The van der Waals surface area contributed by atoms with Crippen LogP contribution < -0.4 is 0 Å². The van der Waals surface area contributed by atoms with Gasteiger partial charge in [-0.25, -0.2) is 4.39 Å². The van der Waals surface area contributed by atoms with E-state index in [4.69, 9.17) is 4.74 Å². The number of ether oxygens (including phenoxy) is 1. The number of hydrogen-bond acceptors (Lipinski definition) is 2. The first-order chi connectivity index (χ1) is 8.39. The van der Waals surface area contributed by atoms with Crippen molar-refractivity contribution in [1.82, 2.24) is 4.90 Å². The molecular formula is C12H19F4NO. The van der Waals surface area contributed by atoms with Crippen LogP contribution in [0, 0.1) is 5.41 Å². The molecule has 2 saturated heterocycles. The summed E-state index contributed by atoms with van der Waals surface area (Å²) in [5.74, 6) is 0. The summed E-state index contributed by atoms with van der Waals surface area (Å²) in [5, 5.41) is 0. The molecule has 0 aliphatic carbocycles. The minimum Gasteiger partial charge on any atom is -0.377 e. The van der Waals surface area contributed by atoms with Gasteiger partial charge < -0.3 is 4.74 Å². The second-order valence-corrected chi connectivity index (χ2v) is 5.29. The molecule has 2 fully saturated rings. The molecule has 2 rings (SSSR count). The van der Waals surface area contributed by atoms with Crippen molar-refractivity contribution in [1.29, 1.82) is 0 Å². The van der Waals surface area contributed by atoms with Crippen molar-refractivity contribution < 1.29 is 22.3 Å². The lowest BCUT2D eigenvalue weighted by Gasteiger charge is -2.44. The summed E-state index contributed by atoms with van der Waals surface area (Å²) in [6.45, 7) is 2.56. The van der Waals surface area contributed by atoms with Gasteiger partial charge in [-0.05, 0) is 32.4 Å². The first-order valence-electron chi connectivity index (χ1n) is 6.42. The fourth-order valence-electron chi connectivity index (χ4n) is 2.97. The SMILES string of the molecule is CCC1(C(F)(F)F)CCN(C2COCC2F)CC1. The summed E-state index contributed by atoms with van der Waals surface area (Å²) < 4.78 is 57.7. The van der Waals surface area contributed by atoms with Crippen LogP contribution in [0.4, 0.5) is 17.6 Å². The molecule has 0 N–H and O–H groups in total. The van der Waals surface area contributed by atoms with Gasteiger partial charge in [0.1, 0.15) is 6.17 Å². The number of piperidine rings is 1. The zero-order valence-electron chi connectivity index (χ0n) is 10.5. The van der Waals surface area contributed by atoms with Crippen LogP contribution in [0.2, 0.25) is 0 Å². The molecule has 0 amide bonds. The second kappa shape index (κ2) is 4.96. The lowest BCUT2D eigenvalue weighted by molar-refractivity contribution is -0.240. The van der Waals surface area contributed by atoms with Crippen LogP contribution in [0.1, 0.15) is 26.2 Å². The van der Waals surface area contributed by atoms with Crippen LogP contribution in [0.15, 0.2) is 0 Å². The van der Waals surface area contributed by atoms with Crippen molar-refractivity contribution in [2.45, 2.75) is 44.6 Å². The van der Waals surface area contributed by atoms with Crippen molar-refractivity contribution >= 4 is 0 Å². The second-order valence-electron chi connectivity index (χ2n) is 5.29. The lowest BCUT2D eigenvalue weighted by Crippen LogP contribution is -2.52. The van der Waals surface area contributed by atoms with Gasteiger partial charge in [0.15, 0.2) is 0 Å². The van der Waals surface area contributed by atoms with Crippen LogP contribution >= 0.6 is 0 Å². The maximum absolute atomic E-state index is 13.5. The quantitative estimate of drug-likeness (QED) is 0.715. The Kier molecular flexibility index (Phi) is 3.88. The number of halogens is 4. The highest BCUT2D eigenvalue weighted by molar-refractivity contribution is 4.94. The minimum atomic E-state index is -4.16. The molecule has 106 valence electrons. The highest BCUT2D eigenvalue weighted by Crippen LogP contribution is 2.49. The van der Waals surface area contributed by atoms with E-state index in [9.17, 15) is 17.6 Å². The number of rotatable bonds is 2. The maximum Gasteiger partial charge on any atom is 0.394 e. The largest absolute Gasteiger partial charge is 0.394 e. The molecule has 0 bridgehead atoms. The molecule has 0 spiro atoms. The Bertz CT molecular complexity index is 286. The Morgan fingerprint density at radius 3 is 2.22 bits per heavy atom. The first-order valence-corrected chi connectivity index (χ1v) is 6.42. The van der Waals surface area contributed by atoms with Gasteiger partial charge in [0.05, 0.1) is 24.7 Å². The topological polar surface area (TPSA) is 12.5 Å². The van der Waals surface area contributed by atoms with E-state index >= 15 is 0 Å². The molecule has 2 atom stereocenters. The third-order valence-electron chi connectivity index (χ3n) is 4.49. The highest BCUT2D eigenvalue weighted by Gasteiger charge is 2.54. The van der Waals surface area contributed by atoms with Crippen LogP contribution in [0.5, 0.6) is 0 Å². The number of hydrogen-bond donors (Lipinski definition) is 0. The van der Waals surface area contributed by atoms with Crippen LogP contribution in [-0.2, 0) is 4.74 Å². The van der Waals surface area contributed by atoms with Gasteiger partial charge in [0.2, 0.25) is 0 Å². The summed E-state index contributed by atoms with van der Waals surface area (Å²) in [7, 11) is 0. The molecule has 2 aliphatic rings. The minimum absolute atomic E-state index is 0.0657. The Morgan fingerprint density at radius 2 is 1.83 bits per heavy atom. The highest BCUT2D eigenvalue weighted by atomic mass is 19.4. The zero-order valence-corrected chi connectivity index (χ0v) is 10.5. The average molecular weight is 269 g/mol. The Balaban J connectivity index is 1.98. The molecule has 0 radical (unpaired) electrons. The van der Waals surface area contributed by atoms with E-state index in [0.29, 0.717) is 19.7 Å². The summed E-state index contributed by atoms with van der Waals surface area (Å²) >= 11 is 0. The molecular weight excluding hydrogens is 250 g/mol. The molecule has 18 heavy (non-hydrogen) atoms. The fraction of sp³-hybridized carbons (Fsp3) is 1.00. The lowest BCUT2D eigenvalue weighted by atomic mass is 9.75. The summed E-state index contributed by atoms with van der Waals surface area (Å²) in [5.41, 5.74) is -1.57. The molecule has 0 saturated carbocycles. The number of likely N-dealkylation sites (tertiary alicyclic amines) is 1. The Morgan fingerprint density at radius 1 is 1.22 bits per heavy atom. The van der Waals surface area contributed by atoms with E-state index in [1.54, 1.807) is 6.92 Å². The van der Waals surface area contributed by atoms with Gasteiger partial charge in [0.25, 0.3) is 0 Å². The summed E-state index contributed by atoms with van der Waals surface area (Å²) in [4.78, 5) is 1.82. The van der Waals surface area contributed by atoms with E-state index in [1.165, 1.54) is 0 Å². The predicted octanol–water partition coefficient (Wildman–Crippen LogP) is 2.78. The molecule has 2 nitrogen and oxygen atoms in total. The predicted molar refractivity (Wildman–Crippen MR) is 59.1 cm³/mol. The van der Waals surface area contributed by atoms with Gasteiger partial charge in [-0.2, -0.15) is 13.2 Å².